The number of unbranched alkanes of at least 4 members (excludes halogenated alkanes) is 1. The maximum Gasteiger partial charge on any atom is 0.251 e. The first kappa shape index (κ1) is 17.0. The predicted molar refractivity (Wildman–Crippen MR) is 86.3 cm³/mol. The number of carbonyl (C=O) groups excluding carboxylic acids is 1. The number of benzene rings is 1. The second-order valence-corrected chi connectivity index (χ2v) is 6.14. The van der Waals surface area contributed by atoms with E-state index in [4.69, 9.17) is 4.74 Å². The second-order valence-electron chi connectivity index (χ2n) is 5.29. The van der Waals surface area contributed by atoms with Gasteiger partial charge >= 0.3 is 0 Å². The fourth-order valence-electron chi connectivity index (χ4n) is 1.64. The summed E-state index contributed by atoms with van der Waals surface area (Å²) in [5.74, 6) is 1.38. The Morgan fingerprint density at radius 1 is 1.40 bits per heavy atom. The van der Waals surface area contributed by atoms with Crippen molar-refractivity contribution in [2.45, 2.75) is 40.0 Å². The summed E-state index contributed by atoms with van der Waals surface area (Å²) < 4.78 is 6.53. The van der Waals surface area contributed by atoms with E-state index in [-0.39, 0.29) is 5.91 Å². The molecule has 1 aromatic carbocycles. The number of amides is 1. The molecular weight excluding hydrogens is 318 g/mol. The van der Waals surface area contributed by atoms with Crippen LogP contribution in [0, 0.1) is 5.92 Å². The van der Waals surface area contributed by atoms with Gasteiger partial charge in [-0.3, -0.25) is 4.79 Å². The van der Waals surface area contributed by atoms with Crippen LogP contribution in [0.5, 0.6) is 5.75 Å². The summed E-state index contributed by atoms with van der Waals surface area (Å²) in [6.07, 6.45) is 3.10. The van der Waals surface area contributed by atoms with Gasteiger partial charge in [0, 0.05) is 12.1 Å². The molecule has 0 aliphatic rings. The van der Waals surface area contributed by atoms with Crippen molar-refractivity contribution in [1.82, 2.24) is 5.32 Å². The predicted octanol–water partition coefficient (Wildman–Crippen LogP) is 4.40. The number of nitrogens with one attached hydrogen (secondary N) is 1. The molecule has 20 heavy (non-hydrogen) atoms. The van der Waals surface area contributed by atoms with Crippen molar-refractivity contribution in [2.75, 3.05) is 13.2 Å². The van der Waals surface area contributed by atoms with Crippen LogP contribution in [0.15, 0.2) is 22.7 Å². The molecule has 4 heteroatoms. The highest BCUT2D eigenvalue weighted by Gasteiger charge is 2.09. The molecule has 0 radical (unpaired) electrons. The van der Waals surface area contributed by atoms with Gasteiger partial charge in [-0.15, -0.1) is 0 Å². The molecule has 0 bridgehead atoms. The molecule has 0 heterocycles. The number of hydrogen-bond acceptors (Lipinski definition) is 2. The molecule has 0 aromatic heterocycles. The maximum absolute atomic E-state index is 11.9. The lowest BCUT2D eigenvalue weighted by molar-refractivity contribution is 0.0953. The highest BCUT2D eigenvalue weighted by molar-refractivity contribution is 9.10. The molecular formula is C16H24BrNO2. The van der Waals surface area contributed by atoms with E-state index in [0.717, 1.165) is 36.0 Å². The summed E-state index contributed by atoms with van der Waals surface area (Å²) in [5, 5.41) is 2.90. The van der Waals surface area contributed by atoms with E-state index in [0.29, 0.717) is 18.1 Å². The van der Waals surface area contributed by atoms with Gasteiger partial charge in [0.1, 0.15) is 5.75 Å². The zero-order chi connectivity index (χ0) is 15.0. The first-order valence-corrected chi connectivity index (χ1v) is 8.04. The molecule has 112 valence electrons. The van der Waals surface area contributed by atoms with Crippen LogP contribution < -0.4 is 10.1 Å². The van der Waals surface area contributed by atoms with Crippen LogP contribution in [0.2, 0.25) is 0 Å². The molecule has 1 aromatic rings. The van der Waals surface area contributed by atoms with Gasteiger partial charge in [-0.2, -0.15) is 0 Å². The largest absolute Gasteiger partial charge is 0.492 e. The Bertz CT molecular complexity index is 432. The van der Waals surface area contributed by atoms with Gasteiger partial charge in [0.15, 0.2) is 0 Å². The van der Waals surface area contributed by atoms with Gasteiger partial charge in [0.25, 0.3) is 5.91 Å². The van der Waals surface area contributed by atoms with Crippen molar-refractivity contribution in [3.8, 4) is 5.75 Å². The first-order valence-electron chi connectivity index (χ1n) is 7.25. The van der Waals surface area contributed by atoms with Gasteiger partial charge in [-0.05, 0) is 52.9 Å². The van der Waals surface area contributed by atoms with E-state index in [1.807, 2.05) is 12.1 Å². The molecule has 0 aliphatic carbocycles. The molecule has 3 nitrogen and oxygen atoms in total. The average molecular weight is 342 g/mol. The quantitative estimate of drug-likeness (QED) is 0.711. The van der Waals surface area contributed by atoms with Gasteiger partial charge < -0.3 is 10.1 Å². The average Bonchev–Trinajstić information content (AvgIpc) is 2.40. The van der Waals surface area contributed by atoms with E-state index in [2.05, 4.69) is 42.0 Å². The molecule has 0 saturated carbocycles. The van der Waals surface area contributed by atoms with Gasteiger partial charge in [0.2, 0.25) is 0 Å². The van der Waals surface area contributed by atoms with Crippen LogP contribution in [-0.4, -0.2) is 19.1 Å². The third kappa shape index (κ3) is 5.95. The molecule has 0 saturated heterocycles. The molecule has 1 amide bonds. The SMILES string of the molecule is CCCCNC(=O)c1ccc(OCCC(C)C)c(Br)c1. The normalized spacial score (nSPS) is 10.7. The van der Waals surface area contributed by atoms with Crippen molar-refractivity contribution in [3.05, 3.63) is 28.2 Å². The van der Waals surface area contributed by atoms with Crippen LogP contribution in [-0.2, 0) is 0 Å². The lowest BCUT2D eigenvalue weighted by Gasteiger charge is -2.11. The number of halogens is 1. The van der Waals surface area contributed by atoms with Crippen LogP contribution in [0.1, 0.15) is 50.4 Å². The van der Waals surface area contributed by atoms with Crippen molar-refractivity contribution in [2.24, 2.45) is 5.92 Å². The van der Waals surface area contributed by atoms with Crippen molar-refractivity contribution in [3.63, 3.8) is 0 Å². The zero-order valence-corrected chi connectivity index (χ0v) is 14.1. The maximum atomic E-state index is 11.9. The molecule has 0 atom stereocenters. The summed E-state index contributed by atoms with van der Waals surface area (Å²) in [7, 11) is 0. The number of ether oxygens (including phenoxy) is 1. The molecule has 0 spiro atoms. The third-order valence-corrected chi connectivity index (χ3v) is 3.58. The molecule has 1 N–H and O–H groups in total. The summed E-state index contributed by atoms with van der Waals surface area (Å²) in [6, 6.07) is 5.46. The van der Waals surface area contributed by atoms with Crippen LogP contribution in [0.25, 0.3) is 0 Å². The lowest BCUT2D eigenvalue weighted by atomic mass is 10.1. The Morgan fingerprint density at radius 3 is 2.75 bits per heavy atom. The third-order valence-electron chi connectivity index (χ3n) is 2.96. The molecule has 0 fully saturated rings. The Morgan fingerprint density at radius 2 is 2.15 bits per heavy atom. The van der Waals surface area contributed by atoms with Crippen LogP contribution in [0.3, 0.4) is 0 Å². The van der Waals surface area contributed by atoms with E-state index < -0.39 is 0 Å². The highest BCUT2D eigenvalue weighted by atomic mass is 79.9. The van der Waals surface area contributed by atoms with Crippen LogP contribution >= 0.6 is 15.9 Å². The van der Waals surface area contributed by atoms with Crippen LogP contribution in [0.4, 0.5) is 0 Å². The van der Waals surface area contributed by atoms with Crippen molar-refractivity contribution in [1.29, 1.82) is 0 Å². The summed E-state index contributed by atoms with van der Waals surface area (Å²) in [4.78, 5) is 11.9. The van der Waals surface area contributed by atoms with E-state index in [9.17, 15) is 4.79 Å². The van der Waals surface area contributed by atoms with Gasteiger partial charge in [-0.1, -0.05) is 27.2 Å². The van der Waals surface area contributed by atoms with E-state index in [1.165, 1.54) is 0 Å². The first-order chi connectivity index (χ1) is 9.54. The monoisotopic (exact) mass is 341 g/mol. The summed E-state index contributed by atoms with van der Waals surface area (Å²) in [6.45, 7) is 7.86. The van der Waals surface area contributed by atoms with E-state index in [1.54, 1.807) is 6.07 Å². The summed E-state index contributed by atoms with van der Waals surface area (Å²) in [5.41, 5.74) is 0.657. The molecule has 0 unspecified atom stereocenters. The lowest BCUT2D eigenvalue weighted by Crippen LogP contribution is -2.24. The van der Waals surface area contributed by atoms with Gasteiger partial charge in [-0.25, -0.2) is 0 Å². The fraction of sp³-hybridized carbons (Fsp3) is 0.562. The minimum Gasteiger partial charge on any atom is -0.492 e. The Labute approximate surface area is 130 Å². The Balaban J connectivity index is 2.56. The molecule has 1 rings (SSSR count). The number of rotatable bonds is 8. The topological polar surface area (TPSA) is 38.3 Å². The van der Waals surface area contributed by atoms with Gasteiger partial charge in [0.05, 0.1) is 11.1 Å². The highest BCUT2D eigenvalue weighted by Crippen LogP contribution is 2.26. The Hall–Kier alpha value is -1.03. The standard InChI is InChI=1S/C16H24BrNO2/c1-4-5-9-18-16(19)13-6-7-15(14(17)11-13)20-10-8-12(2)3/h6-7,11-12H,4-5,8-10H2,1-3H3,(H,18,19). The smallest absolute Gasteiger partial charge is 0.251 e. The number of hydrogen-bond donors (Lipinski definition) is 1. The van der Waals surface area contributed by atoms with Crippen molar-refractivity contribution < 1.29 is 9.53 Å². The zero-order valence-electron chi connectivity index (χ0n) is 12.5. The second kappa shape index (κ2) is 9.01. The fourth-order valence-corrected chi connectivity index (χ4v) is 2.14. The Kier molecular flexibility index (Phi) is 7.67. The molecule has 0 aliphatic heterocycles. The minimum absolute atomic E-state index is 0.0344. The van der Waals surface area contributed by atoms with Crippen molar-refractivity contribution >= 4 is 21.8 Å². The minimum atomic E-state index is -0.0344. The summed E-state index contributed by atoms with van der Waals surface area (Å²) >= 11 is 3.46. The number of carbonyl (C=O) groups is 1. The van der Waals surface area contributed by atoms with E-state index >= 15 is 0 Å².